The number of hydrogen-bond acceptors (Lipinski definition) is 2. The molecule has 0 aromatic heterocycles. The van der Waals surface area contributed by atoms with Gasteiger partial charge in [0, 0.05) is 6.08 Å². The molecule has 0 heterocycles. The van der Waals surface area contributed by atoms with Crippen LogP contribution in [0.25, 0.3) is 0 Å². The van der Waals surface area contributed by atoms with Gasteiger partial charge in [0.1, 0.15) is 5.75 Å². The predicted molar refractivity (Wildman–Crippen MR) is 75.0 cm³/mol. The van der Waals surface area contributed by atoms with Crippen LogP contribution in [0.3, 0.4) is 0 Å². The molecule has 0 spiro atoms. The SMILES string of the molecule is CCCOc1cc(C)ccc1NC(=O)C=C(C)C. The van der Waals surface area contributed by atoms with Crippen molar-refractivity contribution in [2.45, 2.75) is 34.1 Å². The van der Waals surface area contributed by atoms with Crippen molar-refractivity contribution in [1.29, 1.82) is 0 Å². The average Bonchev–Trinajstić information content (AvgIpc) is 2.28. The van der Waals surface area contributed by atoms with Crippen molar-refractivity contribution < 1.29 is 9.53 Å². The van der Waals surface area contributed by atoms with Crippen LogP contribution >= 0.6 is 0 Å². The van der Waals surface area contributed by atoms with E-state index in [0.717, 1.165) is 29.0 Å². The molecule has 0 aliphatic carbocycles. The molecular weight excluding hydrogens is 226 g/mol. The van der Waals surface area contributed by atoms with Crippen LogP contribution in [0.1, 0.15) is 32.8 Å². The third-order valence-electron chi connectivity index (χ3n) is 2.28. The number of nitrogens with one attached hydrogen (secondary N) is 1. The number of carbonyl (C=O) groups is 1. The molecule has 1 aromatic carbocycles. The molecule has 1 N–H and O–H groups in total. The second kappa shape index (κ2) is 6.84. The summed E-state index contributed by atoms with van der Waals surface area (Å²) in [5.41, 5.74) is 2.80. The van der Waals surface area contributed by atoms with Gasteiger partial charge in [0.15, 0.2) is 0 Å². The predicted octanol–water partition coefficient (Wildman–Crippen LogP) is 3.69. The third-order valence-corrected chi connectivity index (χ3v) is 2.28. The maximum atomic E-state index is 11.7. The van der Waals surface area contributed by atoms with Crippen LogP contribution in [0.5, 0.6) is 5.75 Å². The van der Waals surface area contributed by atoms with Crippen LogP contribution in [0, 0.1) is 6.92 Å². The molecule has 0 saturated heterocycles. The highest BCUT2D eigenvalue weighted by Crippen LogP contribution is 2.26. The summed E-state index contributed by atoms with van der Waals surface area (Å²) in [5, 5.41) is 2.84. The minimum absolute atomic E-state index is 0.125. The lowest BCUT2D eigenvalue weighted by Crippen LogP contribution is -2.10. The molecular formula is C15H21NO2. The molecule has 0 aliphatic rings. The largest absolute Gasteiger partial charge is 0.491 e. The Morgan fingerprint density at radius 3 is 2.72 bits per heavy atom. The first-order valence-electron chi connectivity index (χ1n) is 6.22. The molecule has 1 amide bonds. The molecule has 0 radical (unpaired) electrons. The Balaban J connectivity index is 2.86. The molecule has 1 aromatic rings. The number of aryl methyl sites for hydroxylation is 1. The molecule has 0 saturated carbocycles. The smallest absolute Gasteiger partial charge is 0.248 e. The Kier molecular flexibility index (Phi) is 5.43. The van der Waals surface area contributed by atoms with Gasteiger partial charge in [-0.3, -0.25) is 4.79 Å². The Morgan fingerprint density at radius 2 is 2.11 bits per heavy atom. The van der Waals surface area contributed by atoms with Gasteiger partial charge in [0.05, 0.1) is 12.3 Å². The molecule has 3 nitrogen and oxygen atoms in total. The van der Waals surface area contributed by atoms with Gasteiger partial charge in [-0.05, 0) is 44.9 Å². The Labute approximate surface area is 109 Å². The summed E-state index contributed by atoms with van der Waals surface area (Å²) in [6, 6.07) is 5.77. The van der Waals surface area contributed by atoms with Crippen molar-refractivity contribution in [2.24, 2.45) is 0 Å². The highest BCUT2D eigenvalue weighted by molar-refractivity contribution is 6.00. The normalized spacial score (nSPS) is 9.78. The Bertz CT molecular complexity index is 446. The highest BCUT2D eigenvalue weighted by atomic mass is 16.5. The van der Waals surface area contributed by atoms with Crippen molar-refractivity contribution in [2.75, 3.05) is 11.9 Å². The molecule has 1 rings (SSSR count). The summed E-state index contributed by atoms with van der Waals surface area (Å²) in [6.07, 6.45) is 2.51. The lowest BCUT2D eigenvalue weighted by molar-refractivity contribution is -0.112. The Morgan fingerprint density at radius 1 is 1.39 bits per heavy atom. The molecule has 0 atom stereocenters. The van der Waals surface area contributed by atoms with E-state index in [-0.39, 0.29) is 5.91 Å². The summed E-state index contributed by atoms with van der Waals surface area (Å²) in [7, 11) is 0. The number of benzene rings is 1. The topological polar surface area (TPSA) is 38.3 Å². The van der Waals surface area contributed by atoms with Gasteiger partial charge in [-0.2, -0.15) is 0 Å². The van der Waals surface area contributed by atoms with Crippen molar-refractivity contribution in [3.63, 3.8) is 0 Å². The lowest BCUT2D eigenvalue weighted by atomic mass is 10.2. The first kappa shape index (κ1) is 14.3. The van der Waals surface area contributed by atoms with Gasteiger partial charge in [-0.1, -0.05) is 18.6 Å². The second-order valence-corrected chi connectivity index (χ2v) is 4.56. The monoisotopic (exact) mass is 247 g/mol. The van der Waals surface area contributed by atoms with E-state index in [2.05, 4.69) is 12.2 Å². The van der Waals surface area contributed by atoms with Crippen LogP contribution in [0.2, 0.25) is 0 Å². The zero-order valence-electron chi connectivity index (χ0n) is 11.5. The van der Waals surface area contributed by atoms with Crippen LogP contribution in [-0.4, -0.2) is 12.5 Å². The molecule has 0 bridgehead atoms. The zero-order valence-corrected chi connectivity index (χ0v) is 11.5. The standard InChI is InChI=1S/C15H21NO2/c1-5-8-18-14-10-12(4)6-7-13(14)16-15(17)9-11(2)3/h6-7,9-10H,5,8H2,1-4H3,(H,16,17). The van der Waals surface area contributed by atoms with E-state index in [4.69, 9.17) is 4.74 Å². The van der Waals surface area contributed by atoms with E-state index < -0.39 is 0 Å². The summed E-state index contributed by atoms with van der Waals surface area (Å²) >= 11 is 0. The van der Waals surface area contributed by atoms with E-state index in [9.17, 15) is 4.79 Å². The van der Waals surface area contributed by atoms with Gasteiger partial charge >= 0.3 is 0 Å². The fraction of sp³-hybridized carbons (Fsp3) is 0.400. The average molecular weight is 247 g/mol. The summed E-state index contributed by atoms with van der Waals surface area (Å²) in [6.45, 7) is 8.49. The first-order valence-corrected chi connectivity index (χ1v) is 6.22. The van der Waals surface area contributed by atoms with Crippen molar-refractivity contribution >= 4 is 11.6 Å². The Hall–Kier alpha value is -1.77. The maximum Gasteiger partial charge on any atom is 0.248 e. The van der Waals surface area contributed by atoms with Crippen LogP contribution < -0.4 is 10.1 Å². The third kappa shape index (κ3) is 4.62. The number of amides is 1. The van der Waals surface area contributed by atoms with E-state index in [1.807, 2.05) is 39.0 Å². The van der Waals surface area contributed by atoms with Crippen LogP contribution in [0.4, 0.5) is 5.69 Å². The van der Waals surface area contributed by atoms with Gasteiger partial charge in [-0.15, -0.1) is 0 Å². The quantitative estimate of drug-likeness (QED) is 0.806. The molecule has 18 heavy (non-hydrogen) atoms. The van der Waals surface area contributed by atoms with Crippen LogP contribution in [0.15, 0.2) is 29.8 Å². The van der Waals surface area contributed by atoms with E-state index in [0.29, 0.717) is 6.61 Å². The minimum Gasteiger partial charge on any atom is -0.491 e. The van der Waals surface area contributed by atoms with Gasteiger partial charge in [-0.25, -0.2) is 0 Å². The summed E-state index contributed by atoms with van der Waals surface area (Å²) < 4.78 is 5.64. The lowest BCUT2D eigenvalue weighted by Gasteiger charge is -2.12. The first-order chi connectivity index (χ1) is 8.52. The van der Waals surface area contributed by atoms with Gasteiger partial charge < -0.3 is 10.1 Å². The number of rotatable bonds is 5. The van der Waals surface area contributed by atoms with Crippen LogP contribution in [-0.2, 0) is 4.79 Å². The van der Waals surface area contributed by atoms with E-state index in [1.165, 1.54) is 0 Å². The summed E-state index contributed by atoms with van der Waals surface area (Å²) in [4.78, 5) is 11.7. The number of hydrogen-bond donors (Lipinski definition) is 1. The molecule has 0 aliphatic heterocycles. The number of carbonyl (C=O) groups excluding carboxylic acids is 1. The fourth-order valence-corrected chi connectivity index (χ4v) is 1.50. The second-order valence-electron chi connectivity index (χ2n) is 4.56. The molecule has 3 heteroatoms. The van der Waals surface area contributed by atoms with Crippen molar-refractivity contribution in [1.82, 2.24) is 0 Å². The number of ether oxygens (including phenoxy) is 1. The maximum absolute atomic E-state index is 11.7. The van der Waals surface area contributed by atoms with E-state index in [1.54, 1.807) is 6.08 Å². The van der Waals surface area contributed by atoms with Crippen molar-refractivity contribution in [3.05, 3.63) is 35.4 Å². The number of allylic oxidation sites excluding steroid dienone is 1. The number of anilines is 1. The summed E-state index contributed by atoms with van der Waals surface area (Å²) in [5.74, 6) is 0.604. The van der Waals surface area contributed by atoms with Crippen molar-refractivity contribution in [3.8, 4) is 5.75 Å². The molecule has 98 valence electrons. The fourth-order valence-electron chi connectivity index (χ4n) is 1.50. The minimum atomic E-state index is -0.125. The van der Waals surface area contributed by atoms with E-state index >= 15 is 0 Å². The zero-order chi connectivity index (χ0) is 13.5. The van der Waals surface area contributed by atoms with Gasteiger partial charge in [0.25, 0.3) is 0 Å². The highest BCUT2D eigenvalue weighted by Gasteiger charge is 2.06. The molecule has 0 fully saturated rings. The van der Waals surface area contributed by atoms with Gasteiger partial charge in [0.2, 0.25) is 5.91 Å². The molecule has 0 unspecified atom stereocenters.